The minimum absolute atomic E-state index is 0.105. The van der Waals surface area contributed by atoms with E-state index in [1.807, 2.05) is 0 Å². The standard InChI is InChI=1S/C9H7BrClFO2/c1-14-9(13)5-2-3-7(11)6(4-10)8(5)12/h2-3H,4H2,1H3. The molecular formula is C9H7BrClFO2. The summed E-state index contributed by atoms with van der Waals surface area (Å²) >= 11 is 8.82. The molecule has 0 aliphatic heterocycles. The molecule has 76 valence electrons. The molecule has 0 atom stereocenters. The van der Waals surface area contributed by atoms with E-state index in [2.05, 4.69) is 20.7 Å². The quantitative estimate of drug-likeness (QED) is 0.615. The summed E-state index contributed by atoms with van der Waals surface area (Å²) in [6.45, 7) is 0. The van der Waals surface area contributed by atoms with Crippen LogP contribution in [0.5, 0.6) is 0 Å². The highest BCUT2D eigenvalue weighted by Gasteiger charge is 2.17. The molecule has 14 heavy (non-hydrogen) atoms. The van der Waals surface area contributed by atoms with Crippen LogP contribution in [0, 0.1) is 5.82 Å². The number of hydrogen-bond donors (Lipinski definition) is 0. The molecular weight excluding hydrogens is 274 g/mol. The lowest BCUT2D eigenvalue weighted by Gasteiger charge is -2.06. The maximum Gasteiger partial charge on any atom is 0.340 e. The zero-order chi connectivity index (χ0) is 10.7. The fourth-order valence-corrected chi connectivity index (χ4v) is 1.91. The highest BCUT2D eigenvalue weighted by molar-refractivity contribution is 9.08. The molecule has 0 heterocycles. The summed E-state index contributed by atoms with van der Waals surface area (Å²) in [4.78, 5) is 11.1. The molecule has 0 spiro atoms. The van der Waals surface area contributed by atoms with Gasteiger partial charge in [-0.15, -0.1) is 0 Å². The number of halogens is 3. The van der Waals surface area contributed by atoms with Crippen LogP contribution in [-0.4, -0.2) is 13.1 Å². The van der Waals surface area contributed by atoms with E-state index in [1.54, 1.807) is 0 Å². The Kier molecular flexibility index (Phi) is 3.89. The molecule has 0 unspecified atom stereocenters. The van der Waals surface area contributed by atoms with E-state index < -0.39 is 11.8 Å². The molecule has 0 saturated carbocycles. The zero-order valence-electron chi connectivity index (χ0n) is 7.31. The SMILES string of the molecule is COC(=O)c1ccc(Cl)c(CBr)c1F. The van der Waals surface area contributed by atoms with Crippen LogP contribution in [-0.2, 0) is 10.1 Å². The largest absolute Gasteiger partial charge is 0.465 e. The third-order valence-corrected chi connectivity index (χ3v) is 2.64. The van der Waals surface area contributed by atoms with Gasteiger partial charge in [0.15, 0.2) is 0 Å². The molecule has 0 saturated heterocycles. The number of hydrogen-bond acceptors (Lipinski definition) is 2. The van der Waals surface area contributed by atoms with E-state index in [9.17, 15) is 9.18 Å². The number of carbonyl (C=O) groups is 1. The van der Waals surface area contributed by atoms with Crippen molar-refractivity contribution in [1.82, 2.24) is 0 Å². The van der Waals surface area contributed by atoms with Crippen LogP contribution in [0.4, 0.5) is 4.39 Å². The van der Waals surface area contributed by atoms with Gasteiger partial charge in [0.25, 0.3) is 0 Å². The summed E-state index contributed by atoms with van der Waals surface area (Å²) in [5.74, 6) is -1.34. The van der Waals surface area contributed by atoms with Gasteiger partial charge in [-0.25, -0.2) is 9.18 Å². The molecule has 1 rings (SSSR count). The molecule has 2 nitrogen and oxygen atoms in total. The number of esters is 1. The van der Waals surface area contributed by atoms with Gasteiger partial charge < -0.3 is 4.74 Å². The average molecular weight is 282 g/mol. The highest BCUT2D eigenvalue weighted by Crippen LogP contribution is 2.24. The van der Waals surface area contributed by atoms with Crippen molar-refractivity contribution in [2.75, 3.05) is 7.11 Å². The Labute approximate surface area is 94.1 Å². The smallest absolute Gasteiger partial charge is 0.340 e. The molecule has 0 aliphatic rings. The number of carbonyl (C=O) groups excluding carboxylic acids is 1. The summed E-state index contributed by atoms with van der Waals surface area (Å²) in [7, 11) is 1.20. The van der Waals surface area contributed by atoms with Crippen molar-refractivity contribution < 1.29 is 13.9 Å². The molecule has 0 amide bonds. The first-order valence-electron chi connectivity index (χ1n) is 3.73. The molecule has 1 aromatic rings. The van der Waals surface area contributed by atoms with Crippen LogP contribution >= 0.6 is 27.5 Å². The summed E-state index contributed by atoms with van der Waals surface area (Å²) in [6.07, 6.45) is 0. The van der Waals surface area contributed by atoms with Crippen molar-refractivity contribution in [3.63, 3.8) is 0 Å². The fourth-order valence-electron chi connectivity index (χ4n) is 0.988. The van der Waals surface area contributed by atoms with Crippen molar-refractivity contribution in [2.24, 2.45) is 0 Å². The normalized spacial score (nSPS) is 10.0. The van der Waals surface area contributed by atoms with Crippen LogP contribution in [0.15, 0.2) is 12.1 Å². The third kappa shape index (κ3) is 2.07. The Balaban J connectivity index is 3.28. The van der Waals surface area contributed by atoms with Crippen molar-refractivity contribution in [3.8, 4) is 0 Å². The molecule has 0 fully saturated rings. The van der Waals surface area contributed by atoms with Crippen molar-refractivity contribution in [1.29, 1.82) is 0 Å². The zero-order valence-corrected chi connectivity index (χ0v) is 9.65. The lowest BCUT2D eigenvalue weighted by molar-refractivity contribution is 0.0595. The Hall–Kier alpha value is -0.610. The Morgan fingerprint density at radius 3 is 2.79 bits per heavy atom. The van der Waals surface area contributed by atoms with Gasteiger partial charge in [0.05, 0.1) is 12.7 Å². The minimum atomic E-state index is -0.707. The van der Waals surface area contributed by atoms with E-state index in [-0.39, 0.29) is 21.5 Å². The van der Waals surface area contributed by atoms with Gasteiger partial charge in [-0.2, -0.15) is 0 Å². The van der Waals surface area contributed by atoms with Crippen LogP contribution in [0.2, 0.25) is 5.02 Å². The van der Waals surface area contributed by atoms with Gasteiger partial charge >= 0.3 is 5.97 Å². The van der Waals surface area contributed by atoms with Gasteiger partial charge in [0.2, 0.25) is 0 Å². The second-order valence-electron chi connectivity index (χ2n) is 2.51. The summed E-state index contributed by atoms with van der Waals surface area (Å²) in [6, 6.07) is 2.77. The van der Waals surface area contributed by atoms with Gasteiger partial charge in [0, 0.05) is 15.9 Å². The Morgan fingerprint density at radius 1 is 1.64 bits per heavy atom. The predicted molar refractivity (Wildman–Crippen MR) is 55.4 cm³/mol. The fraction of sp³-hybridized carbons (Fsp3) is 0.222. The first kappa shape index (κ1) is 11.5. The van der Waals surface area contributed by atoms with Crippen LogP contribution in [0.25, 0.3) is 0 Å². The van der Waals surface area contributed by atoms with Crippen LogP contribution in [0.1, 0.15) is 15.9 Å². The number of alkyl halides is 1. The average Bonchev–Trinajstić information content (AvgIpc) is 2.18. The van der Waals surface area contributed by atoms with Crippen molar-refractivity contribution in [3.05, 3.63) is 34.1 Å². The van der Waals surface area contributed by atoms with Crippen molar-refractivity contribution in [2.45, 2.75) is 5.33 Å². The number of benzene rings is 1. The lowest BCUT2D eigenvalue weighted by Crippen LogP contribution is -2.06. The summed E-state index contributed by atoms with van der Waals surface area (Å²) < 4.78 is 18.0. The van der Waals surface area contributed by atoms with E-state index in [0.29, 0.717) is 0 Å². The van der Waals surface area contributed by atoms with Crippen LogP contribution < -0.4 is 0 Å². The van der Waals surface area contributed by atoms with Gasteiger partial charge in [-0.05, 0) is 12.1 Å². The Morgan fingerprint density at radius 2 is 2.29 bits per heavy atom. The lowest BCUT2D eigenvalue weighted by atomic mass is 10.1. The molecule has 0 aromatic heterocycles. The highest BCUT2D eigenvalue weighted by atomic mass is 79.9. The summed E-state index contributed by atoms with van der Waals surface area (Å²) in [5.41, 5.74) is 0.154. The van der Waals surface area contributed by atoms with Gasteiger partial charge in [-0.1, -0.05) is 27.5 Å². The van der Waals surface area contributed by atoms with E-state index >= 15 is 0 Å². The van der Waals surface area contributed by atoms with Gasteiger partial charge in [0.1, 0.15) is 5.82 Å². The number of rotatable bonds is 2. The molecule has 0 N–H and O–H groups in total. The van der Waals surface area contributed by atoms with Crippen molar-refractivity contribution >= 4 is 33.5 Å². The van der Waals surface area contributed by atoms with E-state index in [4.69, 9.17) is 11.6 Å². The second-order valence-corrected chi connectivity index (χ2v) is 3.48. The topological polar surface area (TPSA) is 26.3 Å². The molecule has 5 heteroatoms. The monoisotopic (exact) mass is 280 g/mol. The summed E-state index contributed by atoms with van der Waals surface area (Å²) in [5, 5.41) is 0.537. The molecule has 1 aromatic carbocycles. The van der Waals surface area contributed by atoms with E-state index in [1.165, 1.54) is 19.2 Å². The second kappa shape index (κ2) is 4.75. The minimum Gasteiger partial charge on any atom is -0.465 e. The predicted octanol–water partition coefficient (Wildman–Crippen LogP) is 3.16. The molecule has 0 bridgehead atoms. The van der Waals surface area contributed by atoms with Crippen LogP contribution in [0.3, 0.4) is 0 Å². The third-order valence-electron chi connectivity index (χ3n) is 1.72. The first-order chi connectivity index (χ1) is 6.61. The maximum absolute atomic E-state index is 13.6. The number of ether oxygens (including phenoxy) is 1. The molecule has 0 radical (unpaired) electrons. The maximum atomic E-state index is 13.6. The van der Waals surface area contributed by atoms with E-state index in [0.717, 1.165) is 0 Å². The molecule has 0 aliphatic carbocycles. The number of methoxy groups -OCH3 is 1. The Bertz CT molecular complexity index is 368. The first-order valence-corrected chi connectivity index (χ1v) is 5.23. The van der Waals surface area contributed by atoms with Gasteiger partial charge in [-0.3, -0.25) is 0 Å².